The van der Waals surface area contributed by atoms with Gasteiger partial charge in [-0.1, -0.05) is 11.6 Å². The molecule has 1 N–H and O–H groups in total. The largest absolute Gasteiger partial charge is 0.490 e. The zero-order valence-electron chi connectivity index (χ0n) is 12.3. The molecular formula is C17H21NO3. The van der Waals surface area contributed by atoms with Crippen molar-refractivity contribution >= 4 is 0 Å². The summed E-state index contributed by atoms with van der Waals surface area (Å²) in [6.45, 7) is 1.77. The lowest BCUT2D eigenvalue weighted by atomic mass is 9.98. The third kappa shape index (κ3) is 3.10. The molecule has 0 unspecified atom stereocenters. The third-order valence-electron chi connectivity index (χ3n) is 4.11. The van der Waals surface area contributed by atoms with E-state index >= 15 is 0 Å². The second-order valence-corrected chi connectivity index (χ2v) is 5.64. The van der Waals surface area contributed by atoms with Gasteiger partial charge >= 0.3 is 0 Å². The van der Waals surface area contributed by atoms with Crippen molar-refractivity contribution in [3.8, 4) is 17.1 Å². The monoisotopic (exact) mass is 287 g/mol. The van der Waals surface area contributed by atoms with Gasteiger partial charge in [-0.05, 0) is 56.9 Å². The Hall–Kier alpha value is -1.81. The topological polar surface area (TPSA) is 55.5 Å². The first-order valence-electron chi connectivity index (χ1n) is 7.61. The molecule has 0 aliphatic heterocycles. The Morgan fingerprint density at radius 1 is 1.19 bits per heavy atom. The van der Waals surface area contributed by atoms with Crippen molar-refractivity contribution in [1.29, 1.82) is 0 Å². The SMILES string of the molecule is Cc1noc(-c2ccc(OC3CCCCC3)cc2)c1CO. The maximum Gasteiger partial charge on any atom is 0.172 e. The van der Waals surface area contributed by atoms with Crippen LogP contribution in [0.25, 0.3) is 11.3 Å². The van der Waals surface area contributed by atoms with Gasteiger partial charge in [0.1, 0.15) is 5.75 Å². The van der Waals surface area contributed by atoms with Crippen LogP contribution in [-0.4, -0.2) is 16.4 Å². The first-order chi connectivity index (χ1) is 10.3. The summed E-state index contributed by atoms with van der Waals surface area (Å²) in [7, 11) is 0. The van der Waals surface area contributed by atoms with Crippen molar-refractivity contribution in [2.45, 2.75) is 51.7 Å². The van der Waals surface area contributed by atoms with Gasteiger partial charge in [0.05, 0.1) is 18.4 Å². The van der Waals surface area contributed by atoms with Crippen LogP contribution in [0.3, 0.4) is 0 Å². The van der Waals surface area contributed by atoms with Crippen LogP contribution in [0, 0.1) is 6.92 Å². The fourth-order valence-electron chi connectivity index (χ4n) is 2.86. The van der Waals surface area contributed by atoms with Crippen molar-refractivity contribution in [3.05, 3.63) is 35.5 Å². The number of aliphatic hydroxyl groups is 1. The predicted molar refractivity (Wildman–Crippen MR) is 80.1 cm³/mol. The van der Waals surface area contributed by atoms with Gasteiger partial charge in [-0.2, -0.15) is 0 Å². The van der Waals surface area contributed by atoms with Crippen LogP contribution in [0.2, 0.25) is 0 Å². The summed E-state index contributed by atoms with van der Waals surface area (Å²) < 4.78 is 11.3. The fraction of sp³-hybridized carbons (Fsp3) is 0.471. The Morgan fingerprint density at radius 2 is 1.90 bits per heavy atom. The maximum atomic E-state index is 9.40. The maximum absolute atomic E-state index is 9.40. The lowest BCUT2D eigenvalue weighted by molar-refractivity contribution is 0.155. The standard InChI is InChI=1S/C17H21NO3/c1-12-16(11-19)17(21-18-12)13-7-9-15(10-8-13)20-14-5-3-2-4-6-14/h7-10,14,19H,2-6,11H2,1H3. The summed E-state index contributed by atoms with van der Waals surface area (Å²) in [6.07, 6.45) is 6.51. The lowest BCUT2D eigenvalue weighted by Gasteiger charge is -2.23. The highest BCUT2D eigenvalue weighted by Crippen LogP contribution is 2.29. The van der Waals surface area contributed by atoms with E-state index < -0.39 is 0 Å². The van der Waals surface area contributed by atoms with E-state index in [9.17, 15) is 5.11 Å². The molecule has 112 valence electrons. The third-order valence-corrected chi connectivity index (χ3v) is 4.11. The van der Waals surface area contributed by atoms with Crippen LogP contribution in [0.4, 0.5) is 0 Å². The molecule has 1 saturated carbocycles. The van der Waals surface area contributed by atoms with Crippen LogP contribution < -0.4 is 4.74 Å². The quantitative estimate of drug-likeness (QED) is 0.928. The molecule has 1 fully saturated rings. The second-order valence-electron chi connectivity index (χ2n) is 5.64. The molecule has 4 heteroatoms. The molecule has 1 aromatic heterocycles. The number of ether oxygens (including phenoxy) is 1. The van der Waals surface area contributed by atoms with E-state index in [0.29, 0.717) is 11.9 Å². The van der Waals surface area contributed by atoms with E-state index in [4.69, 9.17) is 9.26 Å². The van der Waals surface area contributed by atoms with Crippen molar-refractivity contribution in [3.63, 3.8) is 0 Å². The van der Waals surface area contributed by atoms with E-state index in [-0.39, 0.29) is 6.61 Å². The number of rotatable bonds is 4. The molecule has 1 aliphatic rings. The molecule has 0 spiro atoms. The Kier molecular flexibility index (Phi) is 4.25. The molecule has 4 nitrogen and oxygen atoms in total. The summed E-state index contributed by atoms with van der Waals surface area (Å²) in [5, 5.41) is 13.3. The number of nitrogens with zero attached hydrogens (tertiary/aromatic N) is 1. The van der Waals surface area contributed by atoms with Crippen LogP contribution in [0.5, 0.6) is 5.75 Å². The molecule has 0 atom stereocenters. The molecule has 0 amide bonds. The van der Waals surface area contributed by atoms with Gasteiger partial charge < -0.3 is 14.4 Å². The van der Waals surface area contributed by atoms with Crippen LogP contribution in [0.1, 0.15) is 43.4 Å². The number of hydrogen-bond donors (Lipinski definition) is 1. The second kappa shape index (κ2) is 6.31. The molecule has 2 aromatic rings. The summed E-state index contributed by atoms with van der Waals surface area (Å²) in [4.78, 5) is 0. The average Bonchev–Trinajstić information content (AvgIpc) is 2.90. The number of hydrogen-bond acceptors (Lipinski definition) is 4. The van der Waals surface area contributed by atoms with Crippen molar-refractivity contribution in [2.75, 3.05) is 0 Å². The van der Waals surface area contributed by atoms with E-state index in [1.807, 2.05) is 31.2 Å². The number of aliphatic hydroxyl groups excluding tert-OH is 1. The molecule has 0 bridgehead atoms. The molecule has 0 saturated heterocycles. The zero-order chi connectivity index (χ0) is 14.7. The van der Waals surface area contributed by atoms with E-state index in [0.717, 1.165) is 35.4 Å². The van der Waals surface area contributed by atoms with Crippen LogP contribution in [-0.2, 0) is 6.61 Å². The molecule has 1 aromatic carbocycles. The number of benzene rings is 1. The van der Waals surface area contributed by atoms with Gasteiger partial charge in [0.2, 0.25) is 0 Å². The highest BCUT2D eigenvalue weighted by molar-refractivity contribution is 5.62. The van der Waals surface area contributed by atoms with Gasteiger partial charge in [-0.25, -0.2) is 0 Å². The van der Waals surface area contributed by atoms with E-state index in [1.54, 1.807) is 0 Å². The molecule has 21 heavy (non-hydrogen) atoms. The Morgan fingerprint density at radius 3 is 2.57 bits per heavy atom. The summed E-state index contributed by atoms with van der Waals surface area (Å²) >= 11 is 0. The van der Waals surface area contributed by atoms with Gasteiger partial charge in [-0.15, -0.1) is 0 Å². The van der Waals surface area contributed by atoms with Gasteiger partial charge in [0.15, 0.2) is 5.76 Å². The number of aromatic nitrogens is 1. The fourth-order valence-corrected chi connectivity index (χ4v) is 2.86. The van der Waals surface area contributed by atoms with Crippen molar-refractivity contribution in [1.82, 2.24) is 5.16 Å². The highest BCUT2D eigenvalue weighted by Gasteiger charge is 2.16. The van der Waals surface area contributed by atoms with Crippen LogP contribution >= 0.6 is 0 Å². The summed E-state index contributed by atoms with van der Waals surface area (Å²) in [5.41, 5.74) is 2.39. The zero-order valence-corrected chi connectivity index (χ0v) is 12.3. The normalized spacial score (nSPS) is 16.1. The van der Waals surface area contributed by atoms with Crippen molar-refractivity contribution < 1.29 is 14.4 Å². The predicted octanol–water partition coefficient (Wildman–Crippen LogP) is 3.85. The smallest absolute Gasteiger partial charge is 0.172 e. The lowest BCUT2D eigenvalue weighted by Crippen LogP contribution is -2.19. The minimum atomic E-state index is -0.0645. The Bertz CT molecular complexity index is 583. The van der Waals surface area contributed by atoms with Crippen molar-refractivity contribution in [2.24, 2.45) is 0 Å². The first-order valence-corrected chi connectivity index (χ1v) is 7.61. The average molecular weight is 287 g/mol. The van der Waals surface area contributed by atoms with Gasteiger partial charge in [0, 0.05) is 11.1 Å². The Labute approximate surface area is 124 Å². The van der Waals surface area contributed by atoms with E-state index in [1.165, 1.54) is 19.3 Å². The molecule has 0 radical (unpaired) electrons. The summed E-state index contributed by atoms with van der Waals surface area (Å²) in [5.74, 6) is 1.53. The van der Waals surface area contributed by atoms with Crippen LogP contribution in [0.15, 0.2) is 28.8 Å². The molecule has 1 heterocycles. The summed E-state index contributed by atoms with van der Waals surface area (Å²) in [6, 6.07) is 7.83. The Balaban J connectivity index is 1.74. The van der Waals surface area contributed by atoms with Gasteiger partial charge in [-0.3, -0.25) is 0 Å². The van der Waals surface area contributed by atoms with E-state index in [2.05, 4.69) is 5.16 Å². The highest BCUT2D eigenvalue weighted by atomic mass is 16.5. The minimum Gasteiger partial charge on any atom is -0.490 e. The van der Waals surface area contributed by atoms with Gasteiger partial charge in [0.25, 0.3) is 0 Å². The minimum absolute atomic E-state index is 0.0645. The number of aryl methyl sites for hydroxylation is 1. The molecule has 1 aliphatic carbocycles. The molecule has 3 rings (SSSR count). The molecular weight excluding hydrogens is 266 g/mol. The first kappa shape index (κ1) is 14.1.